The Morgan fingerprint density at radius 2 is 1.64 bits per heavy atom. The number of phenolic OH excluding ortho intramolecular Hbond substituents is 1. The second kappa shape index (κ2) is 8.63. The number of anilines is 1. The summed E-state index contributed by atoms with van der Waals surface area (Å²) in [6.07, 6.45) is 1.62. The average molecular weight is 339 g/mol. The molecule has 0 aliphatic heterocycles. The van der Waals surface area contributed by atoms with Gasteiger partial charge in [-0.05, 0) is 54.8 Å². The summed E-state index contributed by atoms with van der Waals surface area (Å²) in [5.74, 6) is -0.313. The largest absolute Gasteiger partial charge is 0.507 e. The van der Waals surface area contributed by atoms with Crippen LogP contribution in [0, 0.1) is 13.8 Å². The Morgan fingerprint density at radius 3 is 2.28 bits per heavy atom. The maximum atomic E-state index is 11.8. The van der Waals surface area contributed by atoms with Gasteiger partial charge < -0.3 is 10.4 Å². The van der Waals surface area contributed by atoms with Gasteiger partial charge in [0, 0.05) is 18.5 Å². The molecular formula is C19H21N3O3. The van der Waals surface area contributed by atoms with Crippen LogP contribution in [0.4, 0.5) is 5.69 Å². The number of amides is 2. The maximum Gasteiger partial charge on any atom is 0.240 e. The predicted molar refractivity (Wildman–Crippen MR) is 97.6 cm³/mol. The van der Waals surface area contributed by atoms with E-state index >= 15 is 0 Å². The number of nitrogens with zero attached hydrogens (tertiary/aromatic N) is 1. The third kappa shape index (κ3) is 5.76. The molecule has 0 radical (unpaired) electrons. The topological polar surface area (TPSA) is 90.8 Å². The highest BCUT2D eigenvalue weighted by Gasteiger charge is 2.06. The minimum Gasteiger partial charge on any atom is -0.507 e. The van der Waals surface area contributed by atoms with Gasteiger partial charge in [-0.25, -0.2) is 5.43 Å². The summed E-state index contributed by atoms with van der Waals surface area (Å²) in [5, 5.41) is 16.3. The van der Waals surface area contributed by atoms with Crippen molar-refractivity contribution >= 4 is 23.7 Å². The molecular weight excluding hydrogens is 318 g/mol. The molecule has 2 amide bonds. The molecule has 0 bridgehead atoms. The number of rotatable bonds is 6. The van der Waals surface area contributed by atoms with Gasteiger partial charge in [0.25, 0.3) is 0 Å². The third-order valence-corrected chi connectivity index (χ3v) is 3.55. The van der Waals surface area contributed by atoms with Crippen molar-refractivity contribution in [1.82, 2.24) is 5.43 Å². The van der Waals surface area contributed by atoms with Gasteiger partial charge in [-0.2, -0.15) is 5.10 Å². The van der Waals surface area contributed by atoms with E-state index in [4.69, 9.17) is 0 Å². The summed E-state index contributed by atoms with van der Waals surface area (Å²) in [6, 6.07) is 12.6. The first kappa shape index (κ1) is 18.2. The Hall–Kier alpha value is -3.15. The standard InChI is InChI=1S/C19H21N3O3/c1-13-10-15(11-14(2)19(13)25)12-20-22-18(24)9-8-17(23)21-16-6-4-3-5-7-16/h3-7,10-12,25H,8-9H2,1-2H3,(H,21,23)(H,22,24)/b20-12+. The maximum absolute atomic E-state index is 11.8. The Balaban J connectivity index is 1.78. The molecule has 2 aromatic carbocycles. The van der Waals surface area contributed by atoms with Crippen LogP contribution in [-0.4, -0.2) is 23.1 Å². The second-order valence-corrected chi connectivity index (χ2v) is 5.71. The molecule has 0 unspecified atom stereocenters. The summed E-state index contributed by atoms with van der Waals surface area (Å²) in [5.41, 5.74) is 5.35. The molecule has 25 heavy (non-hydrogen) atoms. The summed E-state index contributed by atoms with van der Waals surface area (Å²) in [6.45, 7) is 3.59. The molecule has 0 aromatic heterocycles. The van der Waals surface area contributed by atoms with Gasteiger partial charge in [0.1, 0.15) is 5.75 Å². The van der Waals surface area contributed by atoms with E-state index in [0.29, 0.717) is 5.69 Å². The van der Waals surface area contributed by atoms with Crippen LogP contribution in [0.5, 0.6) is 5.75 Å². The fourth-order valence-corrected chi connectivity index (χ4v) is 2.27. The molecule has 2 aromatic rings. The Morgan fingerprint density at radius 1 is 1.04 bits per heavy atom. The lowest BCUT2D eigenvalue weighted by Gasteiger charge is -2.05. The highest BCUT2D eigenvalue weighted by atomic mass is 16.3. The van der Waals surface area contributed by atoms with Gasteiger partial charge in [0.15, 0.2) is 0 Å². The summed E-state index contributed by atoms with van der Waals surface area (Å²) in [4.78, 5) is 23.5. The van der Waals surface area contributed by atoms with E-state index in [2.05, 4.69) is 15.8 Å². The minimum absolute atomic E-state index is 0.0453. The molecule has 0 aliphatic rings. The average Bonchev–Trinajstić information content (AvgIpc) is 2.58. The second-order valence-electron chi connectivity index (χ2n) is 5.71. The number of carbonyl (C=O) groups is 2. The van der Waals surface area contributed by atoms with Crippen LogP contribution in [0.25, 0.3) is 0 Å². The Kier molecular flexibility index (Phi) is 6.28. The molecule has 2 rings (SSSR count). The van der Waals surface area contributed by atoms with Crippen LogP contribution in [0.15, 0.2) is 47.6 Å². The molecule has 6 heteroatoms. The number of hydrazone groups is 1. The lowest BCUT2D eigenvalue weighted by Crippen LogP contribution is -2.20. The van der Waals surface area contributed by atoms with E-state index < -0.39 is 0 Å². The van der Waals surface area contributed by atoms with E-state index in [1.165, 1.54) is 6.21 Å². The molecule has 3 N–H and O–H groups in total. The van der Waals surface area contributed by atoms with E-state index in [0.717, 1.165) is 16.7 Å². The van der Waals surface area contributed by atoms with E-state index in [9.17, 15) is 14.7 Å². The molecule has 0 spiro atoms. The normalized spacial score (nSPS) is 10.6. The van der Waals surface area contributed by atoms with E-state index in [-0.39, 0.29) is 30.4 Å². The van der Waals surface area contributed by atoms with Crippen molar-refractivity contribution in [3.8, 4) is 5.75 Å². The molecule has 6 nitrogen and oxygen atoms in total. The lowest BCUT2D eigenvalue weighted by atomic mass is 10.1. The number of hydrogen-bond donors (Lipinski definition) is 3. The van der Waals surface area contributed by atoms with Crippen molar-refractivity contribution in [2.45, 2.75) is 26.7 Å². The molecule has 130 valence electrons. The predicted octanol–water partition coefficient (Wildman–Crippen LogP) is 2.88. The van der Waals surface area contributed by atoms with Crippen molar-refractivity contribution in [3.05, 3.63) is 59.2 Å². The van der Waals surface area contributed by atoms with Gasteiger partial charge in [-0.3, -0.25) is 9.59 Å². The monoisotopic (exact) mass is 339 g/mol. The van der Waals surface area contributed by atoms with Crippen LogP contribution in [0.3, 0.4) is 0 Å². The number of phenols is 1. The number of carbonyl (C=O) groups excluding carboxylic acids is 2. The lowest BCUT2D eigenvalue weighted by molar-refractivity contribution is -0.124. The minimum atomic E-state index is -0.341. The summed E-state index contributed by atoms with van der Waals surface area (Å²) in [7, 11) is 0. The fraction of sp³-hybridized carbons (Fsp3) is 0.211. The molecule has 0 saturated heterocycles. The van der Waals surface area contributed by atoms with Gasteiger partial charge in [0.2, 0.25) is 11.8 Å². The summed E-state index contributed by atoms with van der Waals surface area (Å²) >= 11 is 0. The first-order valence-corrected chi connectivity index (χ1v) is 7.92. The smallest absolute Gasteiger partial charge is 0.240 e. The quantitative estimate of drug-likeness (QED) is 0.558. The zero-order valence-corrected chi connectivity index (χ0v) is 14.2. The number of para-hydroxylation sites is 1. The third-order valence-electron chi connectivity index (χ3n) is 3.55. The number of benzene rings is 2. The summed E-state index contributed by atoms with van der Waals surface area (Å²) < 4.78 is 0. The Bertz CT molecular complexity index is 763. The number of hydrogen-bond acceptors (Lipinski definition) is 4. The van der Waals surface area contributed by atoms with Crippen LogP contribution in [0.2, 0.25) is 0 Å². The van der Waals surface area contributed by atoms with Crippen molar-refractivity contribution < 1.29 is 14.7 Å². The van der Waals surface area contributed by atoms with Crippen LogP contribution in [-0.2, 0) is 9.59 Å². The highest BCUT2D eigenvalue weighted by molar-refractivity contribution is 5.93. The fourth-order valence-electron chi connectivity index (χ4n) is 2.27. The molecule has 0 heterocycles. The van der Waals surface area contributed by atoms with Gasteiger partial charge in [-0.1, -0.05) is 18.2 Å². The van der Waals surface area contributed by atoms with Crippen LogP contribution >= 0.6 is 0 Å². The van der Waals surface area contributed by atoms with Crippen LogP contribution in [0.1, 0.15) is 29.5 Å². The van der Waals surface area contributed by atoms with Crippen molar-refractivity contribution in [3.63, 3.8) is 0 Å². The van der Waals surface area contributed by atoms with Crippen molar-refractivity contribution in [2.75, 3.05) is 5.32 Å². The zero-order chi connectivity index (χ0) is 18.2. The van der Waals surface area contributed by atoms with E-state index in [1.807, 2.05) is 18.2 Å². The van der Waals surface area contributed by atoms with Gasteiger partial charge in [-0.15, -0.1) is 0 Å². The number of aromatic hydroxyl groups is 1. The van der Waals surface area contributed by atoms with Gasteiger partial charge in [0.05, 0.1) is 6.21 Å². The zero-order valence-electron chi connectivity index (χ0n) is 14.2. The number of nitrogens with one attached hydrogen (secondary N) is 2. The Labute approximate surface area is 146 Å². The SMILES string of the molecule is Cc1cc(/C=N/NC(=O)CCC(=O)Nc2ccccc2)cc(C)c1O. The molecule has 0 atom stereocenters. The first-order chi connectivity index (χ1) is 12.0. The highest BCUT2D eigenvalue weighted by Crippen LogP contribution is 2.21. The van der Waals surface area contributed by atoms with Crippen LogP contribution < -0.4 is 10.7 Å². The van der Waals surface area contributed by atoms with Crippen molar-refractivity contribution in [1.29, 1.82) is 0 Å². The van der Waals surface area contributed by atoms with Gasteiger partial charge >= 0.3 is 0 Å². The molecule has 0 aliphatic carbocycles. The molecule has 0 fully saturated rings. The van der Waals surface area contributed by atoms with E-state index in [1.54, 1.807) is 38.1 Å². The molecule has 0 saturated carbocycles. The first-order valence-electron chi connectivity index (χ1n) is 7.92. The number of aryl methyl sites for hydroxylation is 2. The van der Waals surface area contributed by atoms with Crippen molar-refractivity contribution in [2.24, 2.45) is 5.10 Å².